The van der Waals surface area contributed by atoms with Crippen molar-refractivity contribution in [2.24, 2.45) is 0 Å². The summed E-state index contributed by atoms with van der Waals surface area (Å²) in [6.07, 6.45) is 3.13. The van der Waals surface area contributed by atoms with Gasteiger partial charge in [-0.3, -0.25) is 9.89 Å². The van der Waals surface area contributed by atoms with E-state index < -0.39 is 0 Å². The molecule has 76 valence electrons. The lowest BCUT2D eigenvalue weighted by molar-refractivity contribution is -0.116. The van der Waals surface area contributed by atoms with Gasteiger partial charge in [0.25, 0.3) is 0 Å². The lowest BCUT2D eigenvalue weighted by Gasteiger charge is -2.00. The molecule has 14 heavy (non-hydrogen) atoms. The molecule has 5 heteroatoms. The molecule has 5 nitrogen and oxygen atoms in total. The van der Waals surface area contributed by atoms with Crippen molar-refractivity contribution in [3.05, 3.63) is 23.4 Å². The molecule has 0 radical (unpaired) electrons. The van der Waals surface area contributed by atoms with Crippen LogP contribution in [0.25, 0.3) is 0 Å². The quantitative estimate of drug-likeness (QED) is 0.615. The number of hydrogen-bond donors (Lipinski definition) is 3. The van der Waals surface area contributed by atoms with E-state index in [2.05, 4.69) is 15.5 Å². The highest BCUT2D eigenvalue weighted by atomic mass is 16.1. The van der Waals surface area contributed by atoms with Crippen LogP contribution in [0.15, 0.2) is 17.8 Å². The number of aromatic amines is 1. The van der Waals surface area contributed by atoms with Gasteiger partial charge in [0, 0.05) is 18.2 Å². The summed E-state index contributed by atoms with van der Waals surface area (Å²) in [5, 5.41) is 9.04. The van der Waals surface area contributed by atoms with Gasteiger partial charge in [-0.1, -0.05) is 5.57 Å². The minimum Gasteiger partial charge on any atom is -0.384 e. The number of allylic oxidation sites excluding steroid dienone is 1. The molecule has 0 aromatic carbocycles. The van der Waals surface area contributed by atoms with Crippen LogP contribution in [-0.2, 0) is 11.3 Å². The van der Waals surface area contributed by atoms with Crippen molar-refractivity contribution in [1.82, 2.24) is 15.5 Å². The number of carbonyl (C=O) groups is 1. The maximum Gasteiger partial charge on any atom is 0.244 e. The minimum absolute atomic E-state index is 0.120. The number of nitrogens with one attached hydrogen (secondary N) is 2. The number of hydrogen-bond acceptors (Lipinski definition) is 3. The molecule has 1 amide bonds. The number of H-pyrrole nitrogens is 1. The van der Waals surface area contributed by atoms with E-state index >= 15 is 0 Å². The molecule has 0 saturated carbocycles. The summed E-state index contributed by atoms with van der Waals surface area (Å²) in [6, 6.07) is 0. The Morgan fingerprint density at radius 2 is 2.43 bits per heavy atom. The van der Waals surface area contributed by atoms with Crippen LogP contribution in [0.2, 0.25) is 0 Å². The standard InChI is InChI=1S/C9H14N4O/c1-6(2)3-8(14)11-4-7-5-12-13-9(7)10/h3,5H,4H2,1-2H3,(H,11,14)(H3,10,12,13). The fourth-order valence-corrected chi connectivity index (χ4v) is 0.958. The zero-order chi connectivity index (χ0) is 10.6. The van der Waals surface area contributed by atoms with Gasteiger partial charge >= 0.3 is 0 Å². The summed E-state index contributed by atoms with van der Waals surface area (Å²) in [6.45, 7) is 4.13. The third-order valence-corrected chi connectivity index (χ3v) is 1.62. The van der Waals surface area contributed by atoms with Gasteiger partial charge in [-0.15, -0.1) is 0 Å². The molecule has 0 fully saturated rings. The number of nitrogens with zero attached hydrogens (tertiary/aromatic N) is 1. The van der Waals surface area contributed by atoms with E-state index in [0.29, 0.717) is 12.4 Å². The lowest BCUT2D eigenvalue weighted by atomic mass is 10.3. The van der Waals surface area contributed by atoms with Crippen LogP contribution >= 0.6 is 0 Å². The topological polar surface area (TPSA) is 83.8 Å². The van der Waals surface area contributed by atoms with Crippen LogP contribution < -0.4 is 11.1 Å². The second-order valence-corrected chi connectivity index (χ2v) is 3.25. The Labute approximate surface area is 82.4 Å². The summed E-state index contributed by atoms with van der Waals surface area (Å²) >= 11 is 0. The number of carbonyl (C=O) groups excluding carboxylic acids is 1. The highest BCUT2D eigenvalue weighted by molar-refractivity contribution is 5.88. The number of rotatable bonds is 3. The van der Waals surface area contributed by atoms with Crippen LogP contribution in [0, 0.1) is 0 Å². The van der Waals surface area contributed by atoms with Crippen molar-refractivity contribution >= 4 is 11.7 Å². The second kappa shape index (κ2) is 4.45. The summed E-state index contributed by atoms with van der Waals surface area (Å²) in [7, 11) is 0. The molecular formula is C9H14N4O. The molecule has 1 rings (SSSR count). The average molecular weight is 194 g/mol. The largest absolute Gasteiger partial charge is 0.384 e. The van der Waals surface area contributed by atoms with Gasteiger partial charge in [0.05, 0.1) is 6.20 Å². The van der Waals surface area contributed by atoms with Crippen molar-refractivity contribution in [3.63, 3.8) is 0 Å². The molecular weight excluding hydrogens is 180 g/mol. The molecule has 0 aliphatic carbocycles. The number of amides is 1. The lowest BCUT2D eigenvalue weighted by Crippen LogP contribution is -2.20. The van der Waals surface area contributed by atoms with E-state index in [9.17, 15) is 4.79 Å². The van der Waals surface area contributed by atoms with Crippen molar-refractivity contribution in [1.29, 1.82) is 0 Å². The molecule has 4 N–H and O–H groups in total. The van der Waals surface area contributed by atoms with Gasteiger partial charge in [0.1, 0.15) is 5.82 Å². The van der Waals surface area contributed by atoms with Crippen molar-refractivity contribution in [3.8, 4) is 0 Å². The SMILES string of the molecule is CC(C)=CC(=O)NCc1cn[nH]c1N. The van der Waals surface area contributed by atoms with Crippen LogP contribution in [0.1, 0.15) is 19.4 Å². The van der Waals surface area contributed by atoms with Crippen molar-refractivity contribution < 1.29 is 4.79 Å². The van der Waals surface area contributed by atoms with Gasteiger partial charge in [-0.2, -0.15) is 5.10 Å². The average Bonchev–Trinajstić information content (AvgIpc) is 2.46. The molecule has 0 aliphatic heterocycles. The zero-order valence-electron chi connectivity index (χ0n) is 8.29. The Balaban J connectivity index is 2.46. The molecule has 0 saturated heterocycles. The third-order valence-electron chi connectivity index (χ3n) is 1.62. The van der Waals surface area contributed by atoms with Gasteiger partial charge in [0.2, 0.25) is 5.91 Å². The van der Waals surface area contributed by atoms with E-state index in [4.69, 9.17) is 5.73 Å². The monoisotopic (exact) mass is 194 g/mol. The van der Waals surface area contributed by atoms with Gasteiger partial charge < -0.3 is 11.1 Å². The Kier molecular flexibility index (Phi) is 3.28. The highest BCUT2D eigenvalue weighted by Crippen LogP contribution is 2.04. The summed E-state index contributed by atoms with van der Waals surface area (Å²) in [5.41, 5.74) is 7.30. The molecule has 0 spiro atoms. The summed E-state index contributed by atoms with van der Waals surface area (Å²) in [4.78, 5) is 11.2. The Hall–Kier alpha value is -1.78. The van der Waals surface area contributed by atoms with E-state index in [1.165, 1.54) is 6.08 Å². The Morgan fingerprint density at radius 1 is 1.71 bits per heavy atom. The fourth-order valence-electron chi connectivity index (χ4n) is 0.958. The van der Waals surface area contributed by atoms with Crippen LogP contribution in [0.4, 0.5) is 5.82 Å². The van der Waals surface area contributed by atoms with Gasteiger partial charge in [-0.05, 0) is 13.8 Å². The maximum absolute atomic E-state index is 11.2. The number of nitrogens with two attached hydrogens (primary N) is 1. The molecule has 1 aromatic rings. The van der Waals surface area contributed by atoms with Crippen molar-refractivity contribution in [2.45, 2.75) is 20.4 Å². The number of nitrogen functional groups attached to an aromatic ring is 1. The molecule has 0 atom stereocenters. The third kappa shape index (κ3) is 2.93. The first-order chi connectivity index (χ1) is 6.59. The first-order valence-corrected chi connectivity index (χ1v) is 4.30. The van der Waals surface area contributed by atoms with Crippen LogP contribution in [-0.4, -0.2) is 16.1 Å². The van der Waals surface area contributed by atoms with E-state index in [1.807, 2.05) is 13.8 Å². The smallest absolute Gasteiger partial charge is 0.244 e. The first-order valence-electron chi connectivity index (χ1n) is 4.30. The maximum atomic E-state index is 11.2. The molecule has 1 aromatic heterocycles. The molecule has 0 bridgehead atoms. The van der Waals surface area contributed by atoms with Crippen molar-refractivity contribution in [2.75, 3.05) is 5.73 Å². The molecule has 0 aliphatic rings. The Bertz CT molecular complexity index is 349. The Morgan fingerprint density at radius 3 is 2.93 bits per heavy atom. The summed E-state index contributed by atoms with van der Waals surface area (Å²) in [5.74, 6) is 0.369. The van der Waals surface area contributed by atoms with Crippen LogP contribution in [0.3, 0.4) is 0 Å². The van der Waals surface area contributed by atoms with E-state index in [1.54, 1.807) is 6.20 Å². The fraction of sp³-hybridized carbons (Fsp3) is 0.333. The first kappa shape index (κ1) is 10.3. The second-order valence-electron chi connectivity index (χ2n) is 3.25. The predicted octanol–water partition coefficient (Wildman–Crippen LogP) is 0.574. The number of anilines is 1. The van der Waals surface area contributed by atoms with Crippen LogP contribution in [0.5, 0.6) is 0 Å². The highest BCUT2D eigenvalue weighted by Gasteiger charge is 2.02. The normalized spacial score (nSPS) is 9.57. The molecule has 1 heterocycles. The minimum atomic E-state index is -0.120. The van der Waals surface area contributed by atoms with Gasteiger partial charge in [0.15, 0.2) is 0 Å². The predicted molar refractivity (Wildman–Crippen MR) is 54.3 cm³/mol. The molecule has 0 unspecified atom stereocenters. The zero-order valence-corrected chi connectivity index (χ0v) is 8.29. The van der Waals surface area contributed by atoms with E-state index in [-0.39, 0.29) is 5.91 Å². The summed E-state index contributed by atoms with van der Waals surface area (Å²) < 4.78 is 0. The number of aromatic nitrogens is 2. The van der Waals surface area contributed by atoms with E-state index in [0.717, 1.165) is 11.1 Å². The van der Waals surface area contributed by atoms with Gasteiger partial charge in [-0.25, -0.2) is 0 Å².